The number of anilines is 1. The summed E-state index contributed by atoms with van der Waals surface area (Å²) in [6.07, 6.45) is -2.91. The summed E-state index contributed by atoms with van der Waals surface area (Å²) in [5.41, 5.74) is 0.0984. The lowest BCUT2D eigenvalue weighted by molar-refractivity contribution is -0.137. The minimum Gasteiger partial charge on any atom is -0.497 e. The van der Waals surface area contributed by atoms with E-state index in [0.29, 0.717) is 11.7 Å². The van der Waals surface area contributed by atoms with Crippen LogP contribution < -0.4 is 15.4 Å². The highest BCUT2D eigenvalue weighted by Crippen LogP contribution is 2.37. The number of benzene rings is 2. The number of thiocarbonyl (C=S) groups is 1. The van der Waals surface area contributed by atoms with Crippen LogP contribution in [0, 0.1) is 0 Å². The van der Waals surface area contributed by atoms with E-state index in [1.807, 2.05) is 24.3 Å². The van der Waals surface area contributed by atoms with Gasteiger partial charge in [-0.2, -0.15) is 13.2 Å². The van der Waals surface area contributed by atoms with Crippen molar-refractivity contribution in [2.75, 3.05) is 12.4 Å². The van der Waals surface area contributed by atoms with Crippen LogP contribution >= 0.6 is 23.8 Å². The standard InChI is InChI=1S/C25H31ClF3N3OS/c1-23(2)13-18(14-24(3,4)31-23)32(15-16-6-9-19(33-5)10-7-16)22(34)30-17-8-11-21(26)20(12-17)25(27,28)29/h6-12,18,31H,13-15H2,1-5H3,(H,30,34). The Balaban J connectivity index is 1.91. The van der Waals surface area contributed by atoms with E-state index in [4.69, 9.17) is 28.6 Å². The quantitative estimate of drug-likeness (QED) is 0.426. The second-order valence-electron chi connectivity index (χ2n) is 10.1. The molecule has 1 aliphatic rings. The Kier molecular flexibility index (Phi) is 7.75. The monoisotopic (exact) mass is 513 g/mol. The van der Waals surface area contributed by atoms with Crippen LogP contribution in [0.1, 0.15) is 51.7 Å². The highest BCUT2D eigenvalue weighted by atomic mass is 35.5. The van der Waals surface area contributed by atoms with Crippen LogP contribution in [0.3, 0.4) is 0 Å². The van der Waals surface area contributed by atoms with Crippen molar-refractivity contribution in [1.82, 2.24) is 10.2 Å². The largest absolute Gasteiger partial charge is 0.497 e. The van der Waals surface area contributed by atoms with Gasteiger partial charge in [0.1, 0.15) is 5.75 Å². The molecule has 1 fully saturated rings. The molecule has 2 N–H and O–H groups in total. The summed E-state index contributed by atoms with van der Waals surface area (Å²) in [5, 5.41) is 6.72. The predicted molar refractivity (Wildman–Crippen MR) is 136 cm³/mol. The summed E-state index contributed by atoms with van der Waals surface area (Å²) < 4.78 is 45.3. The summed E-state index contributed by atoms with van der Waals surface area (Å²) in [4.78, 5) is 2.07. The third-order valence-corrected chi connectivity index (χ3v) is 6.57. The van der Waals surface area contributed by atoms with Crippen molar-refractivity contribution in [3.05, 3.63) is 58.6 Å². The molecule has 34 heavy (non-hydrogen) atoms. The maximum atomic E-state index is 13.4. The zero-order chi connectivity index (χ0) is 25.3. The highest BCUT2D eigenvalue weighted by molar-refractivity contribution is 7.80. The molecule has 0 amide bonds. The van der Waals surface area contributed by atoms with Crippen LogP contribution in [-0.4, -0.2) is 34.2 Å². The molecule has 2 aromatic rings. The lowest BCUT2D eigenvalue weighted by Gasteiger charge is -2.50. The Hall–Kier alpha value is -2.03. The van der Waals surface area contributed by atoms with Gasteiger partial charge in [-0.15, -0.1) is 0 Å². The summed E-state index contributed by atoms with van der Waals surface area (Å²) in [6.45, 7) is 9.11. The fourth-order valence-corrected chi connectivity index (χ4v) is 5.35. The van der Waals surface area contributed by atoms with Crippen LogP contribution in [0.4, 0.5) is 18.9 Å². The molecule has 0 atom stereocenters. The Bertz CT molecular complexity index is 1010. The van der Waals surface area contributed by atoms with Crippen molar-refractivity contribution in [3.8, 4) is 5.75 Å². The van der Waals surface area contributed by atoms with Gasteiger partial charge in [-0.25, -0.2) is 0 Å². The highest BCUT2D eigenvalue weighted by Gasteiger charge is 2.41. The number of hydrogen-bond acceptors (Lipinski definition) is 3. The lowest BCUT2D eigenvalue weighted by atomic mass is 9.79. The smallest absolute Gasteiger partial charge is 0.417 e. The number of nitrogens with one attached hydrogen (secondary N) is 2. The van der Waals surface area contributed by atoms with E-state index in [-0.39, 0.29) is 27.8 Å². The van der Waals surface area contributed by atoms with E-state index in [0.717, 1.165) is 30.2 Å². The van der Waals surface area contributed by atoms with Gasteiger partial charge in [-0.3, -0.25) is 0 Å². The van der Waals surface area contributed by atoms with Gasteiger partial charge in [0.25, 0.3) is 0 Å². The van der Waals surface area contributed by atoms with Gasteiger partial charge in [0, 0.05) is 29.4 Å². The maximum absolute atomic E-state index is 13.4. The number of piperidine rings is 1. The summed E-state index contributed by atoms with van der Waals surface area (Å²) in [7, 11) is 1.61. The van der Waals surface area contributed by atoms with Gasteiger partial charge in [-0.1, -0.05) is 23.7 Å². The van der Waals surface area contributed by atoms with Crippen LogP contribution in [0.2, 0.25) is 5.02 Å². The zero-order valence-electron chi connectivity index (χ0n) is 20.0. The Morgan fingerprint density at radius 3 is 2.24 bits per heavy atom. The number of halogens is 4. The molecule has 3 rings (SSSR count). The van der Waals surface area contributed by atoms with Crippen molar-refractivity contribution in [1.29, 1.82) is 0 Å². The molecule has 0 aromatic heterocycles. The molecule has 0 spiro atoms. The molecule has 1 aliphatic heterocycles. The van der Waals surface area contributed by atoms with Crippen molar-refractivity contribution in [2.24, 2.45) is 0 Å². The van der Waals surface area contributed by atoms with Crippen molar-refractivity contribution in [3.63, 3.8) is 0 Å². The molecule has 9 heteroatoms. The zero-order valence-corrected chi connectivity index (χ0v) is 21.6. The minimum atomic E-state index is -4.55. The van der Waals surface area contributed by atoms with Crippen LogP contribution in [0.25, 0.3) is 0 Å². The molecule has 0 unspecified atom stereocenters. The number of rotatable bonds is 5. The van der Waals surface area contributed by atoms with Gasteiger partial charge < -0.3 is 20.3 Å². The third kappa shape index (κ3) is 6.77. The second-order valence-corrected chi connectivity index (χ2v) is 10.8. The van der Waals surface area contributed by atoms with Gasteiger partial charge >= 0.3 is 6.18 Å². The van der Waals surface area contributed by atoms with E-state index in [2.05, 4.69) is 43.2 Å². The Morgan fingerprint density at radius 2 is 1.71 bits per heavy atom. The first-order valence-corrected chi connectivity index (χ1v) is 11.8. The molecule has 0 aliphatic carbocycles. The first kappa shape index (κ1) is 26.6. The molecule has 0 radical (unpaired) electrons. The minimum absolute atomic E-state index is 0.0720. The van der Waals surface area contributed by atoms with E-state index >= 15 is 0 Å². The van der Waals surface area contributed by atoms with E-state index in [1.54, 1.807) is 7.11 Å². The fraction of sp³-hybridized carbons (Fsp3) is 0.480. The number of nitrogens with zero attached hydrogens (tertiary/aromatic N) is 1. The van der Waals surface area contributed by atoms with Gasteiger partial charge in [0.15, 0.2) is 5.11 Å². The molecule has 0 bridgehead atoms. The normalized spacial score (nSPS) is 17.8. The number of alkyl halides is 3. The van der Waals surface area contributed by atoms with E-state index < -0.39 is 11.7 Å². The lowest BCUT2D eigenvalue weighted by Crippen LogP contribution is -2.63. The predicted octanol–water partition coefficient (Wildman–Crippen LogP) is 6.88. The number of ether oxygens (including phenoxy) is 1. The Morgan fingerprint density at radius 1 is 1.12 bits per heavy atom. The van der Waals surface area contributed by atoms with Crippen LogP contribution in [-0.2, 0) is 12.7 Å². The van der Waals surface area contributed by atoms with Crippen molar-refractivity contribution < 1.29 is 17.9 Å². The van der Waals surface area contributed by atoms with Gasteiger partial charge in [-0.05, 0) is 88.6 Å². The van der Waals surface area contributed by atoms with E-state index in [9.17, 15) is 13.2 Å². The first-order valence-electron chi connectivity index (χ1n) is 11.1. The molecular formula is C25H31ClF3N3OS. The Labute approximate surface area is 209 Å². The number of methoxy groups -OCH3 is 1. The average molecular weight is 514 g/mol. The molecular weight excluding hydrogens is 483 g/mol. The van der Waals surface area contributed by atoms with Gasteiger partial charge in [0.05, 0.1) is 17.7 Å². The summed E-state index contributed by atoms with van der Waals surface area (Å²) >= 11 is 11.5. The summed E-state index contributed by atoms with van der Waals surface area (Å²) in [6, 6.07) is 11.5. The number of hydrogen-bond donors (Lipinski definition) is 2. The third-order valence-electron chi connectivity index (χ3n) is 5.91. The van der Waals surface area contributed by atoms with Crippen molar-refractivity contribution >= 4 is 34.6 Å². The molecule has 186 valence electrons. The summed E-state index contributed by atoms with van der Waals surface area (Å²) in [5.74, 6) is 0.751. The van der Waals surface area contributed by atoms with E-state index in [1.165, 1.54) is 12.1 Å². The molecule has 2 aromatic carbocycles. The van der Waals surface area contributed by atoms with Crippen LogP contribution in [0.15, 0.2) is 42.5 Å². The van der Waals surface area contributed by atoms with Gasteiger partial charge in [0.2, 0.25) is 0 Å². The van der Waals surface area contributed by atoms with Crippen LogP contribution in [0.5, 0.6) is 5.75 Å². The molecule has 1 heterocycles. The SMILES string of the molecule is COc1ccc(CN(C(=S)Nc2ccc(Cl)c(C(F)(F)F)c2)C2CC(C)(C)NC(C)(C)C2)cc1. The molecule has 0 saturated carbocycles. The van der Waals surface area contributed by atoms with Crippen molar-refractivity contribution in [2.45, 2.75) is 70.4 Å². The molecule has 4 nitrogen and oxygen atoms in total. The average Bonchev–Trinajstić information content (AvgIpc) is 2.70. The topological polar surface area (TPSA) is 36.5 Å². The molecule has 1 saturated heterocycles. The first-order chi connectivity index (χ1) is 15.7. The maximum Gasteiger partial charge on any atom is 0.417 e. The fourth-order valence-electron chi connectivity index (χ4n) is 4.80. The second kappa shape index (κ2) is 9.91.